The molecule has 0 bridgehead atoms. The molecule has 0 unspecified atom stereocenters. The minimum absolute atomic E-state index is 0.181. The average Bonchev–Trinajstić information content (AvgIpc) is 2.17. The van der Waals surface area contributed by atoms with Gasteiger partial charge < -0.3 is 9.47 Å². The van der Waals surface area contributed by atoms with Gasteiger partial charge in [0.25, 0.3) is 0 Å². The Labute approximate surface area is 102 Å². The van der Waals surface area contributed by atoms with Gasteiger partial charge in [-0.2, -0.15) is 0 Å². The average molecular weight is 276 g/mol. The molecule has 6 heteroatoms. The topological polar surface area (TPSA) is 18.5 Å². The van der Waals surface area contributed by atoms with Crippen LogP contribution in [-0.4, -0.2) is 14.2 Å². The minimum atomic E-state index is 0.181. The quantitative estimate of drug-likeness (QED) is 0.749. The van der Waals surface area contributed by atoms with Gasteiger partial charge in [-0.3, -0.25) is 0 Å². The van der Waals surface area contributed by atoms with E-state index in [-0.39, 0.29) is 31.6 Å². The summed E-state index contributed by atoms with van der Waals surface area (Å²) in [6.45, 7) is 0. The van der Waals surface area contributed by atoms with E-state index in [1.165, 1.54) is 14.2 Å². The summed E-state index contributed by atoms with van der Waals surface area (Å²) in [6, 6.07) is 0. The monoisotopic (exact) mass is 274 g/mol. The first kappa shape index (κ1) is 12.1. The molecule has 0 N–H and O–H groups in total. The van der Waals surface area contributed by atoms with E-state index in [1.807, 2.05) is 0 Å². The Kier molecular flexibility index (Phi) is 4.02. The number of ether oxygens (including phenoxy) is 2. The zero-order valence-corrected chi connectivity index (χ0v) is 10.4. The van der Waals surface area contributed by atoms with Gasteiger partial charge in [-0.05, 0) is 0 Å². The third kappa shape index (κ3) is 1.84. The van der Waals surface area contributed by atoms with Crippen LogP contribution in [-0.2, 0) is 0 Å². The molecule has 1 rings (SSSR count). The molecule has 0 fully saturated rings. The van der Waals surface area contributed by atoms with Crippen molar-refractivity contribution in [3.8, 4) is 11.5 Å². The fourth-order valence-corrected chi connectivity index (χ4v) is 2.08. The van der Waals surface area contributed by atoms with Gasteiger partial charge in [0.2, 0.25) is 0 Å². The van der Waals surface area contributed by atoms with Gasteiger partial charge in [-0.15, -0.1) is 0 Å². The highest BCUT2D eigenvalue weighted by Crippen LogP contribution is 2.49. The van der Waals surface area contributed by atoms with Crippen LogP contribution >= 0.6 is 46.4 Å². The maximum atomic E-state index is 5.87. The fourth-order valence-electron chi connectivity index (χ4n) is 0.950. The number of hydrogen-bond acceptors (Lipinski definition) is 2. The molecular formula is C8H6Cl4O2. The molecule has 0 spiro atoms. The maximum Gasteiger partial charge on any atom is 0.159 e. The molecule has 14 heavy (non-hydrogen) atoms. The number of rotatable bonds is 2. The van der Waals surface area contributed by atoms with Crippen molar-refractivity contribution in [2.45, 2.75) is 0 Å². The molecule has 0 atom stereocenters. The van der Waals surface area contributed by atoms with E-state index in [9.17, 15) is 0 Å². The maximum absolute atomic E-state index is 5.87. The highest BCUT2D eigenvalue weighted by Gasteiger charge is 2.21. The normalized spacial score (nSPS) is 10.1. The Morgan fingerprint density at radius 2 is 0.857 bits per heavy atom. The van der Waals surface area contributed by atoms with E-state index in [2.05, 4.69) is 0 Å². The van der Waals surface area contributed by atoms with Crippen LogP contribution in [0.25, 0.3) is 0 Å². The van der Waals surface area contributed by atoms with E-state index >= 15 is 0 Å². The Morgan fingerprint density at radius 1 is 0.643 bits per heavy atom. The van der Waals surface area contributed by atoms with Crippen molar-refractivity contribution in [1.29, 1.82) is 0 Å². The summed E-state index contributed by atoms with van der Waals surface area (Å²) >= 11 is 23.5. The summed E-state index contributed by atoms with van der Waals surface area (Å²) in [5, 5.41) is 0.724. The summed E-state index contributed by atoms with van der Waals surface area (Å²) in [4.78, 5) is 0. The Bertz CT molecular complexity index is 301. The second-order valence-corrected chi connectivity index (χ2v) is 3.83. The molecule has 0 amide bonds. The van der Waals surface area contributed by atoms with E-state index in [0.717, 1.165) is 0 Å². The van der Waals surface area contributed by atoms with Crippen molar-refractivity contribution >= 4 is 46.4 Å². The second kappa shape index (κ2) is 4.67. The number of benzene rings is 1. The lowest BCUT2D eigenvalue weighted by Crippen LogP contribution is -1.92. The van der Waals surface area contributed by atoms with Crippen molar-refractivity contribution in [2.75, 3.05) is 14.2 Å². The summed E-state index contributed by atoms with van der Waals surface area (Å²) < 4.78 is 9.90. The van der Waals surface area contributed by atoms with Gasteiger partial charge in [0.15, 0.2) is 11.5 Å². The predicted octanol–water partition coefficient (Wildman–Crippen LogP) is 4.32. The summed E-state index contributed by atoms with van der Waals surface area (Å²) in [5.74, 6) is 0.480. The van der Waals surface area contributed by atoms with E-state index in [4.69, 9.17) is 55.9 Å². The van der Waals surface area contributed by atoms with Crippen LogP contribution in [0.1, 0.15) is 0 Å². The van der Waals surface area contributed by atoms with Crippen LogP contribution in [0.5, 0.6) is 11.5 Å². The summed E-state index contributed by atoms with van der Waals surface area (Å²) in [6.07, 6.45) is 0. The smallest absolute Gasteiger partial charge is 0.159 e. The van der Waals surface area contributed by atoms with Gasteiger partial charge >= 0.3 is 0 Å². The van der Waals surface area contributed by atoms with Crippen LogP contribution in [0.15, 0.2) is 0 Å². The SMILES string of the molecule is COc1c(Cl)c(Cl)c(OC)c(Cl)c1Cl. The lowest BCUT2D eigenvalue weighted by Gasteiger charge is -2.12. The van der Waals surface area contributed by atoms with E-state index in [0.29, 0.717) is 0 Å². The predicted molar refractivity (Wildman–Crippen MR) is 59.6 cm³/mol. The lowest BCUT2D eigenvalue weighted by molar-refractivity contribution is 0.404. The fraction of sp³-hybridized carbons (Fsp3) is 0.250. The molecule has 0 heterocycles. The highest BCUT2D eigenvalue weighted by atomic mass is 35.5. The largest absolute Gasteiger partial charge is 0.494 e. The molecule has 0 aliphatic rings. The Hall–Kier alpha value is -0.0200. The number of hydrogen-bond donors (Lipinski definition) is 0. The zero-order valence-electron chi connectivity index (χ0n) is 7.33. The van der Waals surface area contributed by atoms with Gasteiger partial charge in [0, 0.05) is 0 Å². The molecule has 1 aromatic carbocycles. The molecule has 0 aliphatic heterocycles. The molecule has 0 saturated carbocycles. The third-order valence-corrected chi connectivity index (χ3v) is 3.23. The molecule has 0 radical (unpaired) electrons. The second-order valence-electron chi connectivity index (χ2n) is 2.32. The number of halogens is 4. The molecule has 0 saturated heterocycles. The summed E-state index contributed by atoms with van der Waals surface area (Å²) in [5.41, 5.74) is 0. The molecule has 1 aromatic rings. The van der Waals surface area contributed by atoms with Crippen LogP contribution < -0.4 is 9.47 Å². The van der Waals surface area contributed by atoms with Gasteiger partial charge in [-0.25, -0.2) is 0 Å². The van der Waals surface area contributed by atoms with Gasteiger partial charge in [0.05, 0.1) is 14.2 Å². The van der Waals surface area contributed by atoms with Crippen molar-refractivity contribution in [1.82, 2.24) is 0 Å². The first-order valence-corrected chi connectivity index (χ1v) is 4.99. The molecule has 0 aromatic heterocycles. The van der Waals surface area contributed by atoms with Gasteiger partial charge in [-0.1, -0.05) is 46.4 Å². The zero-order chi connectivity index (χ0) is 10.9. The van der Waals surface area contributed by atoms with Crippen LogP contribution in [0.2, 0.25) is 20.1 Å². The first-order chi connectivity index (χ1) is 6.54. The standard InChI is InChI=1S/C8H6Cl4O2/c1-13-7-3(9)5(11)8(14-2)6(12)4(7)10/h1-2H3. The molecule has 2 nitrogen and oxygen atoms in total. The Balaban J connectivity index is 3.55. The van der Waals surface area contributed by atoms with Gasteiger partial charge in [0.1, 0.15) is 20.1 Å². The van der Waals surface area contributed by atoms with Crippen molar-refractivity contribution in [3.05, 3.63) is 20.1 Å². The Morgan fingerprint density at radius 3 is 1.00 bits per heavy atom. The van der Waals surface area contributed by atoms with Crippen molar-refractivity contribution < 1.29 is 9.47 Å². The lowest BCUT2D eigenvalue weighted by atomic mass is 10.3. The van der Waals surface area contributed by atoms with Crippen LogP contribution in [0.4, 0.5) is 0 Å². The van der Waals surface area contributed by atoms with Crippen molar-refractivity contribution in [2.24, 2.45) is 0 Å². The summed E-state index contributed by atoms with van der Waals surface area (Å²) in [7, 11) is 2.85. The first-order valence-electron chi connectivity index (χ1n) is 3.48. The number of methoxy groups -OCH3 is 2. The van der Waals surface area contributed by atoms with E-state index < -0.39 is 0 Å². The molecular weight excluding hydrogens is 270 g/mol. The molecule has 0 aliphatic carbocycles. The van der Waals surface area contributed by atoms with E-state index in [1.54, 1.807) is 0 Å². The van der Waals surface area contributed by atoms with Crippen LogP contribution in [0, 0.1) is 0 Å². The van der Waals surface area contributed by atoms with Crippen molar-refractivity contribution in [3.63, 3.8) is 0 Å². The third-order valence-electron chi connectivity index (χ3n) is 1.59. The highest BCUT2D eigenvalue weighted by molar-refractivity contribution is 6.50. The molecule has 78 valence electrons. The van der Waals surface area contributed by atoms with Crippen LogP contribution in [0.3, 0.4) is 0 Å². The minimum Gasteiger partial charge on any atom is -0.494 e.